The molecule has 0 saturated heterocycles. The van der Waals surface area contributed by atoms with Gasteiger partial charge < -0.3 is 16.2 Å². The van der Waals surface area contributed by atoms with Gasteiger partial charge in [0.2, 0.25) is 5.52 Å². The van der Waals surface area contributed by atoms with Gasteiger partial charge in [0.15, 0.2) is 16.8 Å². The highest BCUT2D eigenvalue weighted by molar-refractivity contribution is 9.10. The summed E-state index contributed by atoms with van der Waals surface area (Å²) >= 11 is 3.25. The van der Waals surface area contributed by atoms with Crippen molar-refractivity contribution in [2.75, 3.05) is 18.4 Å². The molecule has 5 N–H and O–H groups in total. The number of hydrogen-bond acceptors (Lipinski definition) is 5. The number of phenols is 1. The third-order valence-electron chi connectivity index (χ3n) is 3.00. The molecule has 21 heavy (non-hydrogen) atoms. The molecule has 0 radical (unpaired) electrons. The van der Waals surface area contributed by atoms with Gasteiger partial charge in [0.25, 0.3) is 0 Å². The van der Waals surface area contributed by atoms with Crippen LogP contribution >= 0.6 is 15.9 Å². The van der Waals surface area contributed by atoms with Crippen molar-refractivity contribution in [3.05, 3.63) is 22.8 Å². The van der Waals surface area contributed by atoms with Gasteiger partial charge in [0.1, 0.15) is 7.05 Å². The monoisotopic (exact) mass is 376 g/mol. The van der Waals surface area contributed by atoms with E-state index in [-0.39, 0.29) is 10.6 Å². The molecule has 0 aliphatic heterocycles. The summed E-state index contributed by atoms with van der Waals surface area (Å²) in [5, 5.41) is 13.6. The van der Waals surface area contributed by atoms with E-state index in [1.807, 2.05) is 0 Å². The number of nitrogens with zero attached hydrogens (tertiary/aromatic N) is 1. The summed E-state index contributed by atoms with van der Waals surface area (Å²) in [6.45, 7) is 0.890. The van der Waals surface area contributed by atoms with Crippen LogP contribution in [0.2, 0.25) is 0 Å². The maximum absolute atomic E-state index is 11.3. The zero-order valence-corrected chi connectivity index (χ0v) is 13.6. The average Bonchev–Trinajstić information content (AvgIpc) is 2.40. The van der Waals surface area contributed by atoms with E-state index in [1.165, 1.54) is 12.3 Å². The van der Waals surface area contributed by atoms with E-state index in [0.29, 0.717) is 34.2 Å². The van der Waals surface area contributed by atoms with Crippen LogP contribution in [0.1, 0.15) is 0 Å². The number of phenolic OH excluding ortho intramolecular Hbond substituents is 1. The minimum atomic E-state index is -4.33. The molecule has 0 fully saturated rings. The number of rotatable bonds is 4. The molecule has 1 aromatic heterocycles. The number of pyridine rings is 1. The van der Waals surface area contributed by atoms with Gasteiger partial charge in [0.05, 0.1) is 15.5 Å². The Morgan fingerprint density at radius 3 is 2.67 bits per heavy atom. The van der Waals surface area contributed by atoms with E-state index in [1.54, 1.807) is 17.7 Å². The van der Waals surface area contributed by atoms with E-state index < -0.39 is 10.1 Å². The lowest BCUT2D eigenvalue weighted by Crippen LogP contribution is -2.30. The van der Waals surface area contributed by atoms with Gasteiger partial charge in [-0.3, -0.25) is 4.55 Å². The number of anilines is 1. The van der Waals surface area contributed by atoms with Crippen molar-refractivity contribution >= 4 is 42.6 Å². The van der Waals surface area contributed by atoms with Crippen molar-refractivity contribution in [3.8, 4) is 5.75 Å². The van der Waals surface area contributed by atoms with Gasteiger partial charge >= 0.3 is 10.1 Å². The van der Waals surface area contributed by atoms with Crippen LogP contribution in [0, 0.1) is 0 Å². The zero-order valence-electron chi connectivity index (χ0n) is 11.2. The van der Waals surface area contributed by atoms with E-state index in [4.69, 9.17) is 10.3 Å². The van der Waals surface area contributed by atoms with Crippen LogP contribution in [0.3, 0.4) is 0 Å². The molecule has 0 atom stereocenters. The summed E-state index contributed by atoms with van der Waals surface area (Å²) in [6.07, 6.45) is 1.30. The summed E-state index contributed by atoms with van der Waals surface area (Å²) in [5.41, 5.74) is 6.57. The van der Waals surface area contributed by atoms with Crippen molar-refractivity contribution in [1.29, 1.82) is 0 Å². The highest BCUT2D eigenvalue weighted by atomic mass is 79.9. The van der Waals surface area contributed by atoms with E-state index in [2.05, 4.69) is 21.2 Å². The SMILES string of the molecule is C[n+]1cc(S(=O)(=O)O)cc2c(Br)c(O)c(NCCN)cc21. The molecule has 114 valence electrons. The fourth-order valence-electron chi connectivity index (χ4n) is 1.99. The molecule has 0 aliphatic carbocycles. The van der Waals surface area contributed by atoms with Crippen molar-refractivity contribution in [2.24, 2.45) is 12.8 Å². The van der Waals surface area contributed by atoms with Crippen molar-refractivity contribution in [2.45, 2.75) is 4.90 Å². The van der Waals surface area contributed by atoms with Gasteiger partial charge in [-0.25, -0.2) is 0 Å². The second kappa shape index (κ2) is 5.76. The number of nitrogens with one attached hydrogen (secondary N) is 1. The Balaban J connectivity index is 2.75. The Morgan fingerprint density at radius 2 is 2.10 bits per heavy atom. The van der Waals surface area contributed by atoms with E-state index in [0.717, 1.165) is 0 Å². The van der Waals surface area contributed by atoms with Crippen molar-refractivity contribution in [3.63, 3.8) is 0 Å². The van der Waals surface area contributed by atoms with Crippen molar-refractivity contribution in [1.82, 2.24) is 0 Å². The number of hydrogen-bond donors (Lipinski definition) is 4. The Labute approximate surface area is 130 Å². The molecule has 0 amide bonds. The van der Waals surface area contributed by atoms with Crippen LogP contribution in [0.15, 0.2) is 27.7 Å². The van der Waals surface area contributed by atoms with Crippen LogP contribution in [0.5, 0.6) is 5.75 Å². The first-order valence-electron chi connectivity index (χ1n) is 6.02. The third kappa shape index (κ3) is 3.10. The Hall–Kier alpha value is -1.42. The van der Waals surface area contributed by atoms with Gasteiger partial charge in [-0.1, -0.05) is 0 Å². The second-order valence-corrected chi connectivity index (χ2v) is 6.71. The van der Waals surface area contributed by atoms with Crippen LogP contribution in [-0.2, 0) is 17.2 Å². The van der Waals surface area contributed by atoms with Crippen molar-refractivity contribution < 1.29 is 22.6 Å². The predicted molar refractivity (Wildman–Crippen MR) is 81.8 cm³/mol. The fraction of sp³-hybridized carbons (Fsp3) is 0.250. The Bertz CT molecular complexity index is 808. The Kier molecular flexibility index (Phi) is 4.38. The van der Waals surface area contributed by atoms with Gasteiger partial charge in [-0.2, -0.15) is 13.0 Å². The van der Waals surface area contributed by atoms with Gasteiger partial charge in [-0.15, -0.1) is 0 Å². The van der Waals surface area contributed by atoms with Crippen LogP contribution in [0.4, 0.5) is 5.69 Å². The highest BCUT2D eigenvalue weighted by Crippen LogP contribution is 2.38. The predicted octanol–water partition coefficient (Wildman–Crippen LogP) is 0.750. The zero-order chi connectivity index (χ0) is 15.8. The maximum atomic E-state index is 11.3. The minimum Gasteiger partial charge on any atom is -0.505 e. The second-order valence-electron chi connectivity index (χ2n) is 4.50. The molecule has 1 heterocycles. The first-order valence-corrected chi connectivity index (χ1v) is 8.25. The summed E-state index contributed by atoms with van der Waals surface area (Å²) < 4.78 is 33.6. The summed E-state index contributed by atoms with van der Waals surface area (Å²) in [7, 11) is -2.68. The lowest BCUT2D eigenvalue weighted by Gasteiger charge is -2.11. The molecular formula is C12H15BrN3O4S+. The molecule has 0 unspecified atom stereocenters. The number of aromatic nitrogens is 1. The van der Waals surface area contributed by atoms with Crippen LogP contribution < -0.4 is 15.6 Å². The molecule has 2 rings (SSSR count). The largest absolute Gasteiger partial charge is 0.505 e. The number of nitrogens with two attached hydrogens (primary N) is 1. The fourth-order valence-corrected chi connectivity index (χ4v) is 3.08. The Morgan fingerprint density at radius 1 is 1.43 bits per heavy atom. The maximum Gasteiger partial charge on any atom is 0.300 e. The lowest BCUT2D eigenvalue weighted by atomic mass is 10.1. The molecule has 0 bridgehead atoms. The third-order valence-corrected chi connectivity index (χ3v) is 4.62. The van der Waals surface area contributed by atoms with Crippen LogP contribution in [0.25, 0.3) is 10.9 Å². The molecule has 7 nitrogen and oxygen atoms in total. The normalized spacial score (nSPS) is 11.8. The van der Waals surface area contributed by atoms with Gasteiger partial charge in [-0.05, 0) is 22.0 Å². The number of halogens is 1. The molecule has 9 heteroatoms. The highest BCUT2D eigenvalue weighted by Gasteiger charge is 2.21. The quantitative estimate of drug-likeness (QED) is 0.355. The first-order chi connectivity index (χ1) is 9.75. The van der Waals surface area contributed by atoms with Gasteiger partial charge in [0, 0.05) is 19.2 Å². The summed E-state index contributed by atoms with van der Waals surface area (Å²) in [4.78, 5) is -0.250. The van der Waals surface area contributed by atoms with E-state index >= 15 is 0 Å². The molecule has 2 aromatic rings. The van der Waals surface area contributed by atoms with E-state index in [9.17, 15) is 13.5 Å². The van der Waals surface area contributed by atoms with Crippen LogP contribution in [-0.4, -0.2) is 31.2 Å². The molecule has 0 aliphatic rings. The molecule has 0 saturated carbocycles. The standard InChI is InChI=1S/C12H14BrN3O4S/c1-16-6-7(21(18,19)20)4-8-10(16)5-9(15-3-2-14)12(17)11(8)13/h4-6H,2-3,14H2,1H3,(H2,17,18,19,20)/p+1. The summed E-state index contributed by atoms with van der Waals surface area (Å²) in [5.74, 6) is -0.0524. The minimum absolute atomic E-state index is 0.0524. The molecular weight excluding hydrogens is 362 g/mol. The lowest BCUT2D eigenvalue weighted by molar-refractivity contribution is -0.646. The molecule has 1 aromatic carbocycles. The number of aromatic hydroxyl groups is 1. The molecule has 0 spiro atoms. The smallest absolute Gasteiger partial charge is 0.300 e. The number of fused-ring (bicyclic) bond motifs is 1. The number of aryl methyl sites for hydroxylation is 1. The average molecular weight is 377 g/mol. The topological polar surface area (TPSA) is 117 Å². The first kappa shape index (κ1) is 16.0. The number of benzene rings is 1. The summed E-state index contributed by atoms with van der Waals surface area (Å²) in [6, 6.07) is 2.97.